The maximum atomic E-state index is 12.5. The zero-order valence-corrected chi connectivity index (χ0v) is 15.0. The highest BCUT2D eigenvalue weighted by Gasteiger charge is 2.39. The molecule has 0 spiro atoms. The summed E-state index contributed by atoms with van der Waals surface area (Å²) < 4.78 is 10.8. The van der Waals surface area contributed by atoms with Crippen LogP contribution < -0.4 is 0 Å². The third-order valence-electron chi connectivity index (χ3n) is 5.18. The van der Waals surface area contributed by atoms with Crippen molar-refractivity contribution in [2.24, 2.45) is 5.92 Å². The summed E-state index contributed by atoms with van der Waals surface area (Å²) in [5.41, 5.74) is -0.669. The van der Waals surface area contributed by atoms with E-state index in [0.717, 1.165) is 13.1 Å². The van der Waals surface area contributed by atoms with E-state index in [1.165, 1.54) is 0 Å². The SMILES string of the molecule is COCC[C@@]1(O)CCN(CC(=O)N2C[C@@H](C)O[C@@H](C)C2)C[C@@H]1C. The summed E-state index contributed by atoms with van der Waals surface area (Å²) in [7, 11) is 1.66. The first kappa shape index (κ1) is 18.6. The number of hydrogen-bond donors (Lipinski definition) is 1. The van der Waals surface area contributed by atoms with Gasteiger partial charge in [0.25, 0.3) is 0 Å². The Morgan fingerprint density at radius 1 is 1.26 bits per heavy atom. The predicted octanol–water partition coefficient (Wildman–Crippen LogP) is 0.732. The number of piperidine rings is 1. The van der Waals surface area contributed by atoms with Gasteiger partial charge >= 0.3 is 0 Å². The molecule has 6 heteroatoms. The van der Waals surface area contributed by atoms with Crippen molar-refractivity contribution >= 4 is 5.91 Å². The molecule has 0 unspecified atom stereocenters. The molecule has 0 bridgehead atoms. The minimum absolute atomic E-state index is 0.0992. The fraction of sp³-hybridized carbons (Fsp3) is 0.941. The van der Waals surface area contributed by atoms with E-state index in [1.54, 1.807) is 7.11 Å². The van der Waals surface area contributed by atoms with Gasteiger partial charge in [-0.15, -0.1) is 0 Å². The largest absolute Gasteiger partial charge is 0.389 e. The zero-order valence-electron chi connectivity index (χ0n) is 15.0. The second kappa shape index (κ2) is 7.92. The van der Waals surface area contributed by atoms with Crippen LogP contribution in [0.15, 0.2) is 0 Å². The van der Waals surface area contributed by atoms with Gasteiger partial charge in [0.05, 0.1) is 24.4 Å². The number of nitrogens with zero attached hydrogens (tertiary/aromatic N) is 2. The maximum Gasteiger partial charge on any atom is 0.236 e. The van der Waals surface area contributed by atoms with E-state index in [9.17, 15) is 9.90 Å². The van der Waals surface area contributed by atoms with Crippen LogP contribution in [0.3, 0.4) is 0 Å². The molecule has 6 nitrogen and oxygen atoms in total. The average Bonchev–Trinajstić information content (AvgIpc) is 2.48. The van der Waals surface area contributed by atoms with Crippen molar-refractivity contribution in [2.75, 3.05) is 46.4 Å². The molecule has 2 aliphatic rings. The molecule has 1 N–H and O–H groups in total. The molecule has 23 heavy (non-hydrogen) atoms. The Kier molecular flexibility index (Phi) is 6.42. The molecule has 4 atom stereocenters. The molecular formula is C17H32N2O4. The van der Waals surface area contributed by atoms with Gasteiger partial charge in [0.1, 0.15) is 0 Å². The van der Waals surface area contributed by atoms with Crippen LogP contribution in [-0.2, 0) is 14.3 Å². The maximum absolute atomic E-state index is 12.5. The van der Waals surface area contributed by atoms with Crippen molar-refractivity contribution in [3.63, 3.8) is 0 Å². The molecule has 0 aromatic rings. The van der Waals surface area contributed by atoms with Crippen molar-refractivity contribution in [1.29, 1.82) is 0 Å². The predicted molar refractivity (Wildman–Crippen MR) is 88.3 cm³/mol. The summed E-state index contributed by atoms with van der Waals surface area (Å²) in [5, 5.41) is 10.7. The molecule has 0 aromatic carbocycles. The minimum Gasteiger partial charge on any atom is -0.389 e. The molecule has 134 valence electrons. The van der Waals surface area contributed by atoms with Crippen molar-refractivity contribution in [2.45, 2.75) is 51.4 Å². The Morgan fingerprint density at radius 2 is 1.91 bits per heavy atom. The van der Waals surface area contributed by atoms with E-state index in [1.807, 2.05) is 18.7 Å². The van der Waals surface area contributed by atoms with Gasteiger partial charge in [-0.25, -0.2) is 0 Å². The van der Waals surface area contributed by atoms with Gasteiger partial charge in [-0.2, -0.15) is 0 Å². The lowest BCUT2D eigenvalue weighted by Crippen LogP contribution is -2.55. The Labute approximate surface area is 139 Å². The van der Waals surface area contributed by atoms with Gasteiger partial charge in [0, 0.05) is 39.9 Å². The monoisotopic (exact) mass is 328 g/mol. The van der Waals surface area contributed by atoms with Gasteiger partial charge < -0.3 is 19.5 Å². The van der Waals surface area contributed by atoms with Gasteiger partial charge in [-0.05, 0) is 32.6 Å². The second-order valence-electron chi connectivity index (χ2n) is 7.29. The third-order valence-corrected chi connectivity index (χ3v) is 5.18. The molecule has 2 aliphatic heterocycles. The first-order valence-corrected chi connectivity index (χ1v) is 8.71. The van der Waals surface area contributed by atoms with Crippen molar-refractivity contribution in [3.05, 3.63) is 0 Å². The highest BCUT2D eigenvalue weighted by Crippen LogP contribution is 2.30. The third kappa shape index (κ3) is 4.89. The molecule has 0 radical (unpaired) electrons. The smallest absolute Gasteiger partial charge is 0.236 e. The van der Waals surface area contributed by atoms with Gasteiger partial charge in [-0.3, -0.25) is 9.69 Å². The molecule has 2 fully saturated rings. The lowest BCUT2D eigenvalue weighted by Gasteiger charge is -2.44. The number of methoxy groups -OCH3 is 1. The number of ether oxygens (including phenoxy) is 2. The lowest BCUT2D eigenvalue weighted by molar-refractivity contribution is -0.146. The van der Waals surface area contributed by atoms with Crippen LogP contribution in [0.5, 0.6) is 0 Å². The Bertz CT molecular complexity index is 396. The van der Waals surface area contributed by atoms with Gasteiger partial charge in [0.2, 0.25) is 5.91 Å². The van der Waals surface area contributed by atoms with Gasteiger partial charge in [-0.1, -0.05) is 6.92 Å². The quantitative estimate of drug-likeness (QED) is 0.806. The first-order valence-electron chi connectivity index (χ1n) is 8.71. The van der Waals surface area contributed by atoms with E-state index >= 15 is 0 Å². The fourth-order valence-corrected chi connectivity index (χ4v) is 3.71. The molecule has 2 saturated heterocycles. The second-order valence-corrected chi connectivity index (χ2v) is 7.29. The highest BCUT2D eigenvalue weighted by atomic mass is 16.5. The Hall–Kier alpha value is -0.690. The molecular weight excluding hydrogens is 296 g/mol. The van der Waals surface area contributed by atoms with Gasteiger partial charge in [0.15, 0.2) is 0 Å². The number of amides is 1. The number of rotatable bonds is 5. The Morgan fingerprint density at radius 3 is 2.48 bits per heavy atom. The molecule has 1 amide bonds. The number of hydrogen-bond acceptors (Lipinski definition) is 5. The van der Waals surface area contributed by atoms with Crippen LogP contribution in [-0.4, -0.2) is 85.1 Å². The normalized spacial score (nSPS) is 36.2. The molecule has 0 saturated carbocycles. The molecule has 0 aliphatic carbocycles. The van der Waals surface area contributed by atoms with Crippen LogP contribution in [0.2, 0.25) is 0 Å². The number of likely N-dealkylation sites (tertiary alicyclic amines) is 1. The van der Waals surface area contributed by atoms with Crippen molar-refractivity contribution in [1.82, 2.24) is 9.80 Å². The first-order chi connectivity index (χ1) is 10.8. The average molecular weight is 328 g/mol. The number of morpholine rings is 1. The van der Waals surface area contributed by atoms with E-state index in [0.29, 0.717) is 39.1 Å². The molecule has 2 rings (SSSR count). The highest BCUT2D eigenvalue weighted by molar-refractivity contribution is 5.78. The molecule has 0 aromatic heterocycles. The summed E-state index contributed by atoms with van der Waals surface area (Å²) in [5.74, 6) is 0.309. The summed E-state index contributed by atoms with van der Waals surface area (Å²) in [6.45, 7) is 9.93. The van der Waals surface area contributed by atoms with Crippen LogP contribution in [0.1, 0.15) is 33.6 Å². The van der Waals surface area contributed by atoms with E-state index < -0.39 is 5.60 Å². The number of carbonyl (C=O) groups excluding carboxylic acids is 1. The summed E-state index contributed by atoms with van der Waals surface area (Å²) >= 11 is 0. The minimum atomic E-state index is -0.669. The zero-order chi connectivity index (χ0) is 17.0. The summed E-state index contributed by atoms with van der Waals surface area (Å²) in [4.78, 5) is 16.6. The Balaban J connectivity index is 1.84. The van der Waals surface area contributed by atoms with E-state index in [2.05, 4.69) is 11.8 Å². The van der Waals surface area contributed by atoms with Crippen LogP contribution in [0, 0.1) is 5.92 Å². The van der Waals surface area contributed by atoms with Crippen LogP contribution in [0.25, 0.3) is 0 Å². The van der Waals surface area contributed by atoms with Crippen LogP contribution >= 0.6 is 0 Å². The number of carbonyl (C=O) groups is 1. The molecule has 2 heterocycles. The van der Waals surface area contributed by atoms with E-state index in [4.69, 9.17) is 9.47 Å². The van der Waals surface area contributed by atoms with E-state index in [-0.39, 0.29) is 24.0 Å². The fourth-order valence-electron chi connectivity index (χ4n) is 3.71. The van der Waals surface area contributed by atoms with Crippen molar-refractivity contribution in [3.8, 4) is 0 Å². The number of aliphatic hydroxyl groups is 1. The summed E-state index contributed by atoms with van der Waals surface area (Å²) in [6.07, 6.45) is 1.55. The topological polar surface area (TPSA) is 62.2 Å². The summed E-state index contributed by atoms with van der Waals surface area (Å²) in [6, 6.07) is 0. The van der Waals surface area contributed by atoms with Crippen molar-refractivity contribution < 1.29 is 19.4 Å². The van der Waals surface area contributed by atoms with Crippen LogP contribution in [0.4, 0.5) is 0 Å². The standard InChI is InChI=1S/C17H32N2O4/c1-13-9-18(7-5-17(13,21)6-8-22-4)12-16(20)19-10-14(2)23-15(3)11-19/h13-15,21H,5-12H2,1-4H3/t13-,14-,15+,17-/m0/s1. The lowest BCUT2D eigenvalue weighted by atomic mass is 9.80.